The predicted molar refractivity (Wildman–Crippen MR) is 169 cm³/mol. The highest BCUT2D eigenvalue weighted by Gasteiger charge is 2.20. The highest BCUT2D eigenvalue weighted by atomic mass is 32.2. The van der Waals surface area contributed by atoms with E-state index in [1.165, 1.54) is 64.7 Å². The van der Waals surface area contributed by atoms with Crippen LogP contribution in [0.25, 0.3) is 76.9 Å². The molecule has 1 aliphatic rings. The van der Waals surface area contributed by atoms with Crippen LogP contribution in [0.3, 0.4) is 0 Å². The third kappa shape index (κ3) is 3.17. The van der Waals surface area contributed by atoms with Crippen molar-refractivity contribution in [3.05, 3.63) is 133 Å². The molecule has 0 fully saturated rings. The topological polar surface area (TPSA) is 13.1 Å². The molecule has 0 saturated carbocycles. The van der Waals surface area contributed by atoms with E-state index >= 15 is 0 Å². The lowest BCUT2D eigenvalue weighted by Gasteiger charge is -2.21. The van der Waals surface area contributed by atoms with E-state index in [1.54, 1.807) is 0 Å². The van der Waals surface area contributed by atoms with Gasteiger partial charge >= 0.3 is 0 Å². The van der Waals surface area contributed by atoms with Gasteiger partial charge in [-0.2, -0.15) is 0 Å². The summed E-state index contributed by atoms with van der Waals surface area (Å²) in [6.07, 6.45) is 0. The standard InChI is InChI=1S/C38H22OS/c1-2-10-29-27(25-16-20-36-33(22-25)31-12-5-7-23-8-6-14-37(40-36)38(23)31)18-17-26(28(29)9-1)24-15-19-35-32(21-24)30-11-3-4-13-34(30)39-35/h1-22H. The lowest BCUT2D eigenvalue weighted by atomic mass is 9.90. The van der Waals surface area contributed by atoms with Crippen molar-refractivity contribution in [1.29, 1.82) is 0 Å². The molecule has 2 heteroatoms. The summed E-state index contributed by atoms with van der Waals surface area (Å²) in [6.45, 7) is 0. The Morgan fingerprint density at radius 1 is 0.400 bits per heavy atom. The van der Waals surface area contributed by atoms with Crippen LogP contribution < -0.4 is 0 Å². The van der Waals surface area contributed by atoms with E-state index in [0.717, 1.165) is 21.9 Å². The monoisotopic (exact) mass is 526 g/mol. The Hall–Kier alpha value is -4.79. The Labute approximate surface area is 235 Å². The fourth-order valence-corrected chi connectivity index (χ4v) is 7.56. The van der Waals surface area contributed by atoms with Gasteiger partial charge in [0.2, 0.25) is 0 Å². The Kier molecular flexibility index (Phi) is 4.61. The van der Waals surface area contributed by atoms with E-state index in [2.05, 4.69) is 121 Å². The summed E-state index contributed by atoms with van der Waals surface area (Å²) >= 11 is 1.88. The van der Waals surface area contributed by atoms with Crippen molar-refractivity contribution in [2.75, 3.05) is 0 Å². The second kappa shape index (κ2) is 8.35. The molecule has 0 saturated heterocycles. The van der Waals surface area contributed by atoms with Crippen molar-refractivity contribution in [3.63, 3.8) is 0 Å². The maximum atomic E-state index is 6.09. The van der Waals surface area contributed by atoms with Crippen LogP contribution in [0.15, 0.2) is 148 Å². The van der Waals surface area contributed by atoms with Gasteiger partial charge in [0.15, 0.2) is 0 Å². The molecule has 0 N–H and O–H groups in total. The predicted octanol–water partition coefficient (Wildman–Crippen LogP) is 11.4. The third-order valence-electron chi connectivity index (χ3n) is 8.28. The lowest BCUT2D eigenvalue weighted by Crippen LogP contribution is -1.94. The van der Waals surface area contributed by atoms with Crippen LogP contribution in [0.2, 0.25) is 0 Å². The van der Waals surface area contributed by atoms with Crippen LogP contribution in [0.4, 0.5) is 0 Å². The number of hydrogen-bond acceptors (Lipinski definition) is 2. The normalized spacial score (nSPS) is 12.4. The highest BCUT2D eigenvalue weighted by Crippen LogP contribution is 2.49. The Bertz CT molecular complexity index is 2300. The van der Waals surface area contributed by atoms with Gasteiger partial charge in [0.25, 0.3) is 0 Å². The molecule has 7 aromatic carbocycles. The van der Waals surface area contributed by atoms with Crippen molar-refractivity contribution in [1.82, 2.24) is 0 Å². The summed E-state index contributed by atoms with van der Waals surface area (Å²) < 4.78 is 6.09. The molecule has 1 nitrogen and oxygen atoms in total. The summed E-state index contributed by atoms with van der Waals surface area (Å²) in [4.78, 5) is 2.65. The lowest BCUT2D eigenvalue weighted by molar-refractivity contribution is 0.669. The summed E-state index contributed by atoms with van der Waals surface area (Å²) in [7, 11) is 0. The van der Waals surface area contributed by atoms with E-state index in [-0.39, 0.29) is 0 Å². The number of hydrogen-bond donors (Lipinski definition) is 0. The summed E-state index contributed by atoms with van der Waals surface area (Å²) in [5.74, 6) is 0. The first-order valence-corrected chi connectivity index (χ1v) is 14.4. The fraction of sp³-hybridized carbons (Fsp3) is 0. The minimum Gasteiger partial charge on any atom is -0.456 e. The van der Waals surface area contributed by atoms with Crippen LogP contribution in [0.1, 0.15) is 0 Å². The van der Waals surface area contributed by atoms with E-state index in [1.807, 2.05) is 23.9 Å². The van der Waals surface area contributed by atoms with Gasteiger partial charge in [-0.1, -0.05) is 109 Å². The Balaban J connectivity index is 1.23. The minimum absolute atomic E-state index is 0.925. The van der Waals surface area contributed by atoms with Gasteiger partial charge in [-0.25, -0.2) is 0 Å². The molecular formula is C38H22OS. The maximum absolute atomic E-state index is 6.09. The first-order chi connectivity index (χ1) is 19.8. The Morgan fingerprint density at radius 3 is 1.90 bits per heavy atom. The van der Waals surface area contributed by atoms with E-state index in [4.69, 9.17) is 4.42 Å². The molecule has 0 atom stereocenters. The molecule has 0 aliphatic carbocycles. The van der Waals surface area contributed by atoms with Crippen LogP contribution in [0.5, 0.6) is 0 Å². The third-order valence-corrected chi connectivity index (χ3v) is 9.41. The SMILES string of the molecule is c1cc2c3c(cccc3c1)-c1cc(-c3ccc(-c4ccc5oc6ccccc6c5c4)c4ccccc34)ccc1S2. The number of fused-ring (bicyclic) bond motifs is 6. The zero-order chi connectivity index (χ0) is 26.2. The van der Waals surface area contributed by atoms with Crippen molar-refractivity contribution in [2.24, 2.45) is 0 Å². The van der Waals surface area contributed by atoms with Gasteiger partial charge < -0.3 is 4.42 Å². The molecule has 0 unspecified atom stereocenters. The first kappa shape index (κ1) is 22.1. The molecule has 8 aromatic rings. The van der Waals surface area contributed by atoms with Gasteiger partial charge in [-0.05, 0) is 85.9 Å². The molecule has 0 amide bonds. The molecule has 2 heterocycles. The fourth-order valence-electron chi connectivity index (χ4n) is 6.43. The van der Waals surface area contributed by atoms with Gasteiger partial charge in [0, 0.05) is 25.9 Å². The minimum atomic E-state index is 0.925. The zero-order valence-corrected chi connectivity index (χ0v) is 22.3. The van der Waals surface area contributed by atoms with Crippen LogP contribution >= 0.6 is 11.8 Å². The molecule has 9 rings (SSSR count). The largest absolute Gasteiger partial charge is 0.456 e. The maximum Gasteiger partial charge on any atom is 0.135 e. The molecule has 0 radical (unpaired) electrons. The molecule has 186 valence electrons. The Morgan fingerprint density at radius 2 is 1.07 bits per heavy atom. The van der Waals surface area contributed by atoms with Gasteiger partial charge in [0.1, 0.15) is 11.2 Å². The average molecular weight is 527 g/mol. The molecular weight excluding hydrogens is 504 g/mol. The molecule has 40 heavy (non-hydrogen) atoms. The first-order valence-electron chi connectivity index (χ1n) is 13.6. The van der Waals surface area contributed by atoms with E-state index in [0.29, 0.717) is 0 Å². The number of para-hydroxylation sites is 1. The number of benzene rings is 7. The second-order valence-corrected chi connectivity index (χ2v) is 11.6. The van der Waals surface area contributed by atoms with E-state index in [9.17, 15) is 0 Å². The van der Waals surface area contributed by atoms with Gasteiger partial charge in [0.05, 0.1) is 0 Å². The van der Waals surface area contributed by atoms with Gasteiger partial charge in [-0.3, -0.25) is 0 Å². The summed E-state index contributed by atoms with van der Waals surface area (Å²) in [5, 5.41) is 7.50. The highest BCUT2D eigenvalue weighted by molar-refractivity contribution is 7.99. The van der Waals surface area contributed by atoms with Crippen molar-refractivity contribution in [2.45, 2.75) is 9.79 Å². The van der Waals surface area contributed by atoms with Crippen molar-refractivity contribution >= 4 is 55.2 Å². The van der Waals surface area contributed by atoms with Crippen molar-refractivity contribution in [3.8, 4) is 33.4 Å². The summed E-state index contributed by atoms with van der Waals surface area (Å²) in [6, 6.07) is 48.4. The number of rotatable bonds is 2. The molecule has 0 spiro atoms. The van der Waals surface area contributed by atoms with Crippen LogP contribution in [-0.2, 0) is 0 Å². The van der Waals surface area contributed by atoms with Crippen LogP contribution in [-0.4, -0.2) is 0 Å². The quantitative estimate of drug-likeness (QED) is 0.222. The smallest absolute Gasteiger partial charge is 0.135 e. The number of furan rings is 1. The molecule has 1 aromatic heterocycles. The summed E-state index contributed by atoms with van der Waals surface area (Å²) in [5.41, 5.74) is 9.43. The second-order valence-electron chi connectivity index (χ2n) is 10.5. The van der Waals surface area contributed by atoms with Gasteiger partial charge in [-0.15, -0.1) is 0 Å². The van der Waals surface area contributed by atoms with Crippen LogP contribution in [0, 0.1) is 0 Å². The molecule has 1 aliphatic heterocycles. The van der Waals surface area contributed by atoms with E-state index < -0.39 is 0 Å². The zero-order valence-electron chi connectivity index (χ0n) is 21.5. The van der Waals surface area contributed by atoms with Crippen molar-refractivity contribution < 1.29 is 4.42 Å². The average Bonchev–Trinajstić information content (AvgIpc) is 3.39. The molecule has 0 bridgehead atoms.